The van der Waals surface area contributed by atoms with Crippen molar-refractivity contribution in [2.24, 2.45) is 0 Å². The smallest absolute Gasteiger partial charge is 0.337 e. The fourth-order valence-electron chi connectivity index (χ4n) is 0.768. The fourth-order valence-corrected chi connectivity index (χ4v) is 0.949. The van der Waals surface area contributed by atoms with Crippen LogP contribution in [0.3, 0.4) is 0 Å². The Morgan fingerprint density at radius 3 is 2.83 bits per heavy atom. The van der Waals surface area contributed by atoms with Crippen LogP contribution in [0.25, 0.3) is 0 Å². The molecule has 1 N–H and O–H groups in total. The molecule has 0 amide bonds. The number of halogens is 2. The van der Waals surface area contributed by atoms with Gasteiger partial charge in [0.15, 0.2) is 11.0 Å². The average molecular weight is 190 g/mol. The maximum absolute atomic E-state index is 12.7. The van der Waals surface area contributed by atoms with Crippen LogP contribution in [0.4, 0.5) is 4.39 Å². The molecule has 0 spiro atoms. The van der Waals surface area contributed by atoms with Crippen molar-refractivity contribution in [2.75, 3.05) is 0 Å². The van der Waals surface area contributed by atoms with Crippen molar-refractivity contribution >= 4 is 17.6 Å². The standard InChI is InChI=1S/C7H5ClFNO2/c1-3-4(7(11)12)2-5(9)6(8)10-3/h2H,1H3,(H,11,12). The Labute approximate surface area is 72.8 Å². The van der Waals surface area contributed by atoms with Gasteiger partial charge >= 0.3 is 5.97 Å². The second-order valence-electron chi connectivity index (χ2n) is 2.20. The van der Waals surface area contributed by atoms with Crippen LogP contribution >= 0.6 is 11.6 Å². The molecule has 0 atom stereocenters. The summed E-state index contributed by atoms with van der Waals surface area (Å²) in [4.78, 5) is 13.9. The molecule has 0 bridgehead atoms. The first-order valence-corrected chi connectivity index (χ1v) is 3.46. The summed E-state index contributed by atoms with van der Waals surface area (Å²) in [6.45, 7) is 1.45. The third kappa shape index (κ3) is 1.53. The van der Waals surface area contributed by atoms with Gasteiger partial charge in [-0.25, -0.2) is 14.2 Å². The number of hydrogen-bond acceptors (Lipinski definition) is 2. The summed E-state index contributed by atoms with van der Waals surface area (Å²) < 4.78 is 12.7. The Bertz CT molecular complexity index is 340. The quantitative estimate of drug-likeness (QED) is 0.687. The van der Waals surface area contributed by atoms with E-state index in [0.29, 0.717) is 0 Å². The van der Waals surface area contributed by atoms with Crippen LogP contribution in [0.1, 0.15) is 16.1 Å². The number of rotatable bonds is 1. The van der Waals surface area contributed by atoms with Gasteiger partial charge in [-0.1, -0.05) is 11.6 Å². The van der Waals surface area contributed by atoms with Gasteiger partial charge in [-0.3, -0.25) is 0 Å². The van der Waals surface area contributed by atoms with E-state index in [-0.39, 0.29) is 16.4 Å². The van der Waals surface area contributed by atoms with Gasteiger partial charge < -0.3 is 5.11 Å². The zero-order chi connectivity index (χ0) is 9.30. The molecular weight excluding hydrogens is 185 g/mol. The number of carboxylic acids is 1. The molecule has 0 aliphatic rings. The Hall–Kier alpha value is -1.16. The van der Waals surface area contributed by atoms with Gasteiger partial charge in [0, 0.05) is 0 Å². The summed E-state index contributed by atoms with van der Waals surface area (Å²) in [5.41, 5.74) is 0.0331. The number of carboxylic acid groups (broad SMARTS) is 1. The number of aromatic carboxylic acids is 1. The first kappa shape index (κ1) is 8.93. The number of aromatic nitrogens is 1. The molecule has 0 saturated carbocycles. The number of pyridine rings is 1. The van der Waals surface area contributed by atoms with Gasteiger partial charge in [-0.05, 0) is 13.0 Å². The number of nitrogens with zero attached hydrogens (tertiary/aromatic N) is 1. The van der Waals surface area contributed by atoms with E-state index in [4.69, 9.17) is 16.7 Å². The molecule has 0 fully saturated rings. The van der Waals surface area contributed by atoms with E-state index in [2.05, 4.69) is 4.98 Å². The molecule has 1 aromatic rings. The van der Waals surface area contributed by atoms with Crippen LogP contribution in [0.2, 0.25) is 5.15 Å². The minimum absolute atomic E-state index is 0.170. The van der Waals surface area contributed by atoms with Gasteiger partial charge in [0.25, 0.3) is 0 Å². The normalized spacial score (nSPS) is 9.92. The summed E-state index contributed by atoms with van der Waals surface area (Å²) in [7, 11) is 0. The van der Waals surface area contributed by atoms with Crippen LogP contribution < -0.4 is 0 Å². The summed E-state index contributed by atoms with van der Waals surface area (Å²) in [6.07, 6.45) is 0. The molecule has 0 radical (unpaired) electrons. The lowest BCUT2D eigenvalue weighted by molar-refractivity contribution is 0.0695. The minimum Gasteiger partial charge on any atom is -0.478 e. The Morgan fingerprint density at radius 2 is 2.33 bits per heavy atom. The highest BCUT2D eigenvalue weighted by Crippen LogP contribution is 2.15. The summed E-state index contributed by atoms with van der Waals surface area (Å²) in [5.74, 6) is -2.03. The van der Waals surface area contributed by atoms with Crippen LogP contribution in [0, 0.1) is 12.7 Å². The van der Waals surface area contributed by atoms with Crippen molar-refractivity contribution in [1.29, 1.82) is 0 Å². The van der Waals surface area contributed by atoms with Crippen LogP contribution in [0.15, 0.2) is 6.07 Å². The topological polar surface area (TPSA) is 50.2 Å². The van der Waals surface area contributed by atoms with Gasteiger partial charge in [0.1, 0.15) is 0 Å². The molecule has 1 aromatic heterocycles. The molecular formula is C7H5ClFNO2. The predicted octanol–water partition coefficient (Wildman–Crippen LogP) is 1.88. The SMILES string of the molecule is Cc1nc(Cl)c(F)cc1C(=O)O. The van der Waals surface area contributed by atoms with E-state index >= 15 is 0 Å². The molecule has 64 valence electrons. The molecule has 1 heterocycles. The highest BCUT2D eigenvalue weighted by Gasteiger charge is 2.12. The first-order valence-electron chi connectivity index (χ1n) is 3.08. The average Bonchev–Trinajstić information content (AvgIpc) is 1.96. The van der Waals surface area contributed by atoms with Crippen LogP contribution in [-0.4, -0.2) is 16.1 Å². The Kier molecular flexibility index (Phi) is 2.28. The lowest BCUT2D eigenvalue weighted by Crippen LogP contribution is -2.03. The van der Waals surface area contributed by atoms with Crippen molar-refractivity contribution in [2.45, 2.75) is 6.92 Å². The van der Waals surface area contributed by atoms with Crippen molar-refractivity contribution in [3.05, 3.63) is 28.3 Å². The lowest BCUT2D eigenvalue weighted by atomic mass is 10.2. The highest BCUT2D eigenvalue weighted by molar-refractivity contribution is 6.29. The maximum Gasteiger partial charge on any atom is 0.337 e. The van der Waals surface area contributed by atoms with Gasteiger partial charge in [0.2, 0.25) is 0 Å². The predicted molar refractivity (Wildman–Crippen MR) is 40.9 cm³/mol. The third-order valence-electron chi connectivity index (χ3n) is 1.35. The van der Waals surface area contributed by atoms with Gasteiger partial charge in [-0.2, -0.15) is 0 Å². The first-order chi connectivity index (χ1) is 5.52. The number of aryl methyl sites for hydroxylation is 1. The molecule has 0 aliphatic carbocycles. The summed E-state index contributed by atoms with van der Waals surface area (Å²) in [5, 5.41) is 8.22. The monoisotopic (exact) mass is 189 g/mol. The zero-order valence-corrected chi connectivity index (χ0v) is 6.89. The molecule has 12 heavy (non-hydrogen) atoms. The molecule has 5 heteroatoms. The molecule has 0 aliphatic heterocycles. The highest BCUT2D eigenvalue weighted by atomic mass is 35.5. The third-order valence-corrected chi connectivity index (χ3v) is 1.62. The van der Waals surface area contributed by atoms with Crippen molar-refractivity contribution in [1.82, 2.24) is 4.98 Å². The fraction of sp³-hybridized carbons (Fsp3) is 0.143. The largest absolute Gasteiger partial charge is 0.478 e. The van der Waals surface area contributed by atoms with Crippen LogP contribution in [0.5, 0.6) is 0 Å². The van der Waals surface area contributed by atoms with E-state index in [1.807, 2.05) is 0 Å². The zero-order valence-electron chi connectivity index (χ0n) is 6.14. The molecule has 0 aromatic carbocycles. The van der Waals surface area contributed by atoms with E-state index in [1.165, 1.54) is 6.92 Å². The van der Waals surface area contributed by atoms with E-state index < -0.39 is 11.8 Å². The number of hydrogen-bond donors (Lipinski definition) is 1. The van der Waals surface area contributed by atoms with E-state index in [0.717, 1.165) is 6.07 Å². The van der Waals surface area contributed by atoms with Crippen LogP contribution in [-0.2, 0) is 0 Å². The second-order valence-corrected chi connectivity index (χ2v) is 2.56. The van der Waals surface area contributed by atoms with E-state index in [9.17, 15) is 9.18 Å². The molecule has 1 rings (SSSR count). The summed E-state index contributed by atoms with van der Waals surface area (Å²) >= 11 is 5.31. The van der Waals surface area contributed by atoms with Crippen molar-refractivity contribution in [3.8, 4) is 0 Å². The maximum atomic E-state index is 12.7. The van der Waals surface area contributed by atoms with Gasteiger partial charge in [0.05, 0.1) is 11.3 Å². The summed E-state index contributed by atoms with van der Waals surface area (Å²) in [6, 6.07) is 0.854. The van der Waals surface area contributed by atoms with Crippen molar-refractivity contribution in [3.63, 3.8) is 0 Å². The number of carbonyl (C=O) groups is 1. The van der Waals surface area contributed by atoms with E-state index in [1.54, 1.807) is 0 Å². The van der Waals surface area contributed by atoms with Crippen molar-refractivity contribution < 1.29 is 14.3 Å². The second kappa shape index (κ2) is 3.06. The molecule has 3 nitrogen and oxygen atoms in total. The lowest BCUT2D eigenvalue weighted by Gasteiger charge is -2.00. The Balaban J connectivity index is 3.33. The minimum atomic E-state index is -1.21. The Morgan fingerprint density at radius 1 is 1.75 bits per heavy atom. The molecule has 0 saturated heterocycles. The molecule has 0 unspecified atom stereocenters. The van der Waals surface area contributed by atoms with Gasteiger partial charge in [-0.15, -0.1) is 0 Å².